The molecule has 4 N–H and O–H groups in total. The number of nitrogen functional groups attached to an aromatic ring is 1. The summed E-state index contributed by atoms with van der Waals surface area (Å²) in [5.41, 5.74) is 6.93. The quantitative estimate of drug-likeness (QED) is 0.422. The van der Waals surface area contributed by atoms with Gasteiger partial charge >= 0.3 is 0 Å². The summed E-state index contributed by atoms with van der Waals surface area (Å²) in [4.78, 5) is 9.31. The van der Waals surface area contributed by atoms with Gasteiger partial charge in [-0.3, -0.25) is 10.6 Å². The lowest BCUT2D eigenvalue weighted by Gasteiger charge is -2.14. The first kappa shape index (κ1) is 16.7. The number of nitrogens with one attached hydrogen (secondary N) is 1. The van der Waals surface area contributed by atoms with E-state index in [1.807, 2.05) is 0 Å². The Morgan fingerprint density at radius 2 is 2.30 bits per heavy atom. The molecule has 0 saturated carbocycles. The lowest BCUT2D eigenvalue weighted by molar-refractivity contribution is 0.0148. The molecule has 0 radical (unpaired) electrons. The molecule has 2 aromatic rings. The molecule has 0 amide bonds. The Bertz CT molecular complexity index is 714. The highest BCUT2D eigenvalue weighted by atomic mass is 32.1. The van der Waals surface area contributed by atoms with Gasteiger partial charge in [-0.2, -0.15) is 0 Å². The van der Waals surface area contributed by atoms with Crippen molar-refractivity contribution in [3.05, 3.63) is 40.9 Å². The Labute approximate surface area is 137 Å². The SMILES string of the molecule is COc1cccc(/C(=N/OCc2csc(N)n2)C(=N)N(C)O)c1. The lowest BCUT2D eigenvalue weighted by Crippen LogP contribution is -2.30. The highest BCUT2D eigenvalue weighted by molar-refractivity contribution is 7.13. The Morgan fingerprint density at radius 1 is 1.52 bits per heavy atom. The van der Waals surface area contributed by atoms with Gasteiger partial charge in [0, 0.05) is 18.0 Å². The predicted molar refractivity (Wildman–Crippen MR) is 88.1 cm³/mol. The number of hydrogen-bond acceptors (Lipinski definition) is 8. The molecule has 122 valence electrons. The van der Waals surface area contributed by atoms with E-state index >= 15 is 0 Å². The molecule has 0 fully saturated rings. The van der Waals surface area contributed by atoms with Gasteiger partial charge in [-0.15, -0.1) is 11.3 Å². The summed E-state index contributed by atoms with van der Waals surface area (Å²) < 4.78 is 5.16. The van der Waals surface area contributed by atoms with Crippen molar-refractivity contribution in [3.63, 3.8) is 0 Å². The highest BCUT2D eigenvalue weighted by Gasteiger charge is 2.15. The fraction of sp³-hybridized carbons (Fsp3) is 0.214. The monoisotopic (exact) mass is 335 g/mol. The summed E-state index contributed by atoms with van der Waals surface area (Å²) in [5, 5.41) is 24.3. The molecule has 23 heavy (non-hydrogen) atoms. The number of oxime groups is 1. The number of nitrogens with two attached hydrogens (primary N) is 1. The zero-order valence-corrected chi connectivity index (χ0v) is 13.5. The zero-order chi connectivity index (χ0) is 16.8. The minimum atomic E-state index is -0.212. The average Bonchev–Trinajstić information content (AvgIpc) is 2.96. The summed E-state index contributed by atoms with van der Waals surface area (Å²) >= 11 is 1.31. The van der Waals surface area contributed by atoms with E-state index in [-0.39, 0.29) is 18.2 Å². The molecule has 2 rings (SSSR count). The molecule has 0 aliphatic carbocycles. The minimum absolute atomic E-state index is 0.115. The number of benzene rings is 1. The zero-order valence-electron chi connectivity index (χ0n) is 12.7. The van der Waals surface area contributed by atoms with E-state index in [1.54, 1.807) is 36.8 Å². The van der Waals surface area contributed by atoms with Crippen molar-refractivity contribution >= 4 is 28.0 Å². The fourth-order valence-electron chi connectivity index (χ4n) is 1.71. The maximum Gasteiger partial charge on any atom is 0.180 e. The van der Waals surface area contributed by atoms with Gasteiger partial charge in [0.05, 0.1) is 12.8 Å². The smallest absolute Gasteiger partial charge is 0.180 e. The van der Waals surface area contributed by atoms with Crippen LogP contribution in [0.5, 0.6) is 5.75 Å². The van der Waals surface area contributed by atoms with Crippen LogP contribution in [0.15, 0.2) is 34.8 Å². The van der Waals surface area contributed by atoms with Crippen molar-refractivity contribution in [2.75, 3.05) is 19.9 Å². The van der Waals surface area contributed by atoms with Crippen LogP contribution < -0.4 is 10.5 Å². The van der Waals surface area contributed by atoms with E-state index in [1.165, 1.54) is 18.4 Å². The summed E-state index contributed by atoms with van der Waals surface area (Å²) in [7, 11) is 2.88. The van der Waals surface area contributed by atoms with E-state index in [0.29, 0.717) is 27.2 Å². The van der Waals surface area contributed by atoms with E-state index in [9.17, 15) is 5.21 Å². The number of hydroxylamine groups is 2. The molecular weight excluding hydrogens is 318 g/mol. The van der Waals surface area contributed by atoms with Gasteiger partial charge in [-0.05, 0) is 12.1 Å². The van der Waals surface area contributed by atoms with Crippen LogP contribution in [0.4, 0.5) is 5.13 Å². The van der Waals surface area contributed by atoms with E-state index in [4.69, 9.17) is 20.7 Å². The first-order chi connectivity index (χ1) is 11.0. The average molecular weight is 335 g/mol. The van der Waals surface area contributed by atoms with Crippen LogP contribution in [0, 0.1) is 5.41 Å². The van der Waals surface area contributed by atoms with Crippen LogP contribution in [-0.4, -0.2) is 41.0 Å². The van der Waals surface area contributed by atoms with Crippen LogP contribution in [0.25, 0.3) is 0 Å². The van der Waals surface area contributed by atoms with Gasteiger partial charge < -0.3 is 15.3 Å². The third-order valence-corrected chi connectivity index (χ3v) is 3.55. The Balaban J connectivity index is 2.22. The first-order valence-corrected chi connectivity index (χ1v) is 7.45. The maximum atomic E-state index is 9.51. The van der Waals surface area contributed by atoms with Crippen LogP contribution in [0.1, 0.15) is 11.3 Å². The molecule has 8 nitrogen and oxygen atoms in total. The fourth-order valence-corrected chi connectivity index (χ4v) is 2.26. The molecule has 0 spiro atoms. The molecule has 9 heteroatoms. The van der Waals surface area contributed by atoms with Crippen molar-refractivity contribution in [1.82, 2.24) is 10.0 Å². The standard InChI is InChI=1S/C14H17N5O3S/c1-19(20)13(15)12(9-4-3-5-11(6-9)21-2)18-22-7-10-8-23-14(16)17-10/h3-6,8,15,20H,7H2,1-2H3,(H2,16,17)/b15-13?,18-12-. The second kappa shape index (κ2) is 7.56. The van der Waals surface area contributed by atoms with Crippen molar-refractivity contribution < 1.29 is 14.8 Å². The van der Waals surface area contributed by atoms with Crippen molar-refractivity contribution in [1.29, 1.82) is 5.41 Å². The second-order valence-corrected chi connectivity index (χ2v) is 5.38. The van der Waals surface area contributed by atoms with Gasteiger partial charge in [0.2, 0.25) is 0 Å². The van der Waals surface area contributed by atoms with Crippen LogP contribution in [-0.2, 0) is 11.4 Å². The Hall–Kier alpha value is -2.65. The van der Waals surface area contributed by atoms with Crippen LogP contribution in [0.2, 0.25) is 0 Å². The number of hydrogen-bond donors (Lipinski definition) is 3. The van der Waals surface area contributed by atoms with E-state index in [0.717, 1.165) is 0 Å². The number of rotatable bonds is 6. The molecule has 1 heterocycles. The summed E-state index contributed by atoms with van der Waals surface area (Å²) in [6, 6.07) is 6.96. The van der Waals surface area contributed by atoms with Crippen molar-refractivity contribution in [2.45, 2.75) is 6.61 Å². The normalized spacial score (nSPS) is 11.2. The summed E-state index contributed by atoms with van der Waals surface area (Å²) in [6.45, 7) is 0.115. The first-order valence-electron chi connectivity index (χ1n) is 6.57. The molecule has 0 aliphatic rings. The van der Waals surface area contributed by atoms with Gasteiger partial charge in [-0.1, -0.05) is 17.3 Å². The van der Waals surface area contributed by atoms with Gasteiger partial charge in [0.25, 0.3) is 0 Å². The molecule has 0 atom stereocenters. The highest BCUT2D eigenvalue weighted by Crippen LogP contribution is 2.15. The maximum absolute atomic E-state index is 9.51. The number of nitrogens with zero attached hydrogens (tertiary/aromatic N) is 3. The summed E-state index contributed by atoms with van der Waals surface area (Å²) in [5.74, 6) is 0.395. The predicted octanol–water partition coefficient (Wildman–Crippen LogP) is 1.95. The van der Waals surface area contributed by atoms with Gasteiger partial charge in [0.1, 0.15) is 5.75 Å². The minimum Gasteiger partial charge on any atom is -0.497 e. The number of thiazole rings is 1. The molecule has 0 saturated heterocycles. The van der Waals surface area contributed by atoms with E-state index < -0.39 is 0 Å². The van der Waals surface area contributed by atoms with Crippen molar-refractivity contribution in [2.24, 2.45) is 5.16 Å². The number of methoxy groups -OCH3 is 1. The largest absolute Gasteiger partial charge is 0.497 e. The Morgan fingerprint density at radius 3 is 2.91 bits per heavy atom. The molecule has 0 unspecified atom stereocenters. The Kier molecular flexibility index (Phi) is 5.50. The third kappa shape index (κ3) is 4.41. The topological polar surface area (TPSA) is 117 Å². The van der Waals surface area contributed by atoms with Crippen LogP contribution in [0.3, 0.4) is 0 Å². The molecular formula is C14H17N5O3S. The van der Waals surface area contributed by atoms with Crippen molar-refractivity contribution in [3.8, 4) is 5.75 Å². The molecule has 1 aromatic heterocycles. The van der Waals surface area contributed by atoms with Gasteiger partial charge in [-0.25, -0.2) is 10.0 Å². The number of anilines is 1. The third-order valence-electron chi connectivity index (χ3n) is 2.83. The summed E-state index contributed by atoms with van der Waals surface area (Å²) in [6.07, 6.45) is 0. The second-order valence-electron chi connectivity index (χ2n) is 4.49. The molecule has 0 bridgehead atoms. The van der Waals surface area contributed by atoms with Gasteiger partial charge in [0.15, 0.2) is 23.3 Å². The molecule has 0 aliphatic heterocycles. The number of amidine groups is 1. The molecule has 1 aromatic carbocycles. The van der Waals surface area contributed by atoms with Crippen LogP contribution >= 0.6 is 11.3 Å². The van der Waals surface area contributed by atoms with E-state index in [2.05, 4.69) is 10.1 Å². The lowest BCUT2D eigenvalue weighted by atomic mass is 10.1. The number of aromatic nitrogens is 1. The number of likely N-dealkylation sites (N-methyl/N-ethyl adjacent to an activating group) is 1. The number of ether oxygens (including phenoxy) is 1.